The average Bonchev–Trinajstić information content (AvgIpc) is 2.50. The van der Waals surface area contributed by atoms with Crippen LogP contribution in [0.5, 0.6) is 11.6 Å². The number of hydrogen-bond donors (Lipinski definition) is 4. The molecule has 1 aromatic carbocycles. The molecule has 0 spiro atoms. The highest BCUT2D eigenvalue weighted by molar-refractivity contribution is 7.71. The van der Waals surface area contributed by atoms with Gasteiger partial charge in [-0.15, -0.1) is 0 Å². The molecule has 23 heavy (non-hydrogen) atoms. The summed E-state index contributed by atoms with van der Waals surface area (Å²) in [7, 11) is 1.46. The van der Waals surface area contributed by atoms with Crippen LogP contribution >= 0.6 is 12.2 Å². The number of urea groups is 1. The minimum atomic E-state index is -0.908. The molecule has 0 unspecified atom stereocenters. The van der Waals surface area contributed by atoms with E-state index in [1.807, 2.05) is 5.43 Å². The highest BCUT2D eigenvalue weighted by Crippen LogP contribution is 2.26. The zero-order valence-electron chi connectivity index (χ0n) is 11.9. The van der Waals surface area contributed by atoms with Gasteiger partial charge in [-0.25, -0.2) is 10.2 Å². The van der Waals surface area contributed by atoms with Crippen molar-refractivity contribution >= 4 is 24.5 Å². The third-order valence-electron chi connectivity index (χ3n) is 2.82. The SMILES string of the molecule is COc1ccccc1-n1c(O)c(/C=N/NC(N)=O)c(=O)[nH]c1=S. The number of ether oxygens (including phenoxy) is 1. The largest absolute Gasteiger partial charge is 0.495 e. The van der Waals surface area contributed by atoms with Gasteiger partial charge >= 0.3 is 6.03 Å². The fourth-order valence-electron chi connectivity index (χ4n) is 1.85. The molecule has 2 amide bonds. The molecule has 0 saturated carbocycles. The third kappa shape index (κ3) is 3.37. The van der Waals surface area contributed by atoms with E-state index in [-0.39, 0.29) is 10.3 Å². The second-order valence-electron chi connectivity index (χ2n) is 4.24. The van der Waals surface area contributed by atoms with Gasteiger partial charge in [-0.2, -0.15) is 5.10 Å². The van der Waals surface area contributed by atoms with Crippen LogP contribution in [0.2, 0.25) is 0 Å². The van der Waals surface area contributed by atoms with Crippen molar-refractivity contribution in [1.82, 2.24) is 15.0 Å². The van der Waals surface area contributed by atoms with E-state index in [9.17, 15) is 14.7 Å². The first kappa shape index (κ1) is 16.2. The van der Waals surface area contributed by atoms with Gasteiger partial charge in [-0.05, 0) is 24.4 Å². The predicted octanol–water partition coefficient (Wildman–Crippen LogP) is 0.611. The van der Waals surface area contributed by atoms with Gasteiger partial charge in [0.1, 0.15) is 11.3 Å². The zero-order chi connectivity index (χ0) is 17.0. The molecule has 2 aromatic rings. The number of nitrogens with two attached hydrogens (primary N) is 1. The Labute approximate surface area is 135 Å². The van der Waals surface area contributed by atoms with Crippen LogP contribution < -0.4 is 21.5 Å². The van der Waals surface area contributed by atoms with Gasteiger partial charge in [0.15, 0.2) is 4.77 Å². The maximum atomic E-state index is 11.9. The summed E-state index contributed by atoms with van der Waals surface area (Å²) in [6.45, 7) is 0. The number of nitrogens with zero attached hydrogens (tertiary/aromatic N) is 2. The lowest BCUT2D eigenvalue weighted by atomic mass is 10.2. The van der Waals surface area contributed by atoms with Crippen LogP contribution in [0.4, 0.5) is 4.79 Å². The van der Waals surface area contributed by atoms with Crippen molar-refractivity contribution in [2.75, 3.05) is 7.11 Å². The fourth-order valence-corrected chi connectivity index (χ4v) is 2.13. The first-order valence-electron chi connectivity index (χ1n) is 6.26. The Balaban J connectivity index is 2.66. The summed E-state index contributed by atoms with van der Waals surface area (Å²) in [5.41, 5.74) is 6.33. The van der Waals surface area contributed by atoms with Crippen LogP contribution in [0.1, 0.15) is 5.56 Å². The van der Waals surface area contributed by atoms with Gasteiger partial charge < -0.3 is 15.6 Å². The minimum absolute atomic E-state index is 0.0305. The molecule has 0 saturated heterocycles. The number of hydrogen-bond acceptors (Lipinski definition) is 6. The lowest BCUT2D eigenvalue weighted by molar-refractivity contribution is 0.249. The van der Waals surface area contributed by atoms with Crippen molar-refractivity contribution in [2.45, 2.75) is 0 Å². The van der Waals surface area contributed by atoms with Crippen molar-refractivity contribution in [2.24, 2.45) is 10.8 Å². The van der Waals surface area contributed by atoms with Crippen LogP contribution in [-0.4, -0.2) is 34.0 Å². The monoisotopic (exact) mass is 335 g/mol. The highest BCUT2D eigenvalue weighted by atomic mass is 32.1. The number of nitrogens with one attached hydrogen (secondary N) is 2. The van der Waals surface area contributed by atoms with Crippen LogP contribution in [0.25, 0.3) is 5.69 Å². The quantitative estimate of drug-likeness (QED) is 0.369. The Morgan fingerprint density at radius 2 is 2.22 bits per heavy atom. The third-order valence-corrected chi connectivity index (χ3v) is 3.10. The maximum Gasteiger partial charge on any atom is 0.332 e. The summed E-state index contributed by atoms with van der Waals surface area (Å²) in [6.07, 6.45) is 0.958. The number of aromatic amines is 1. The van der Waals surface area contributed by atoms with Gasteiger partial charge in [-0.3, -0.25) is 14.3 Å². The molecular formula is C13H13N5O4S. The molecule has 0 fully saturated rings. The number of benzene rings is 1. The Morgan fingerprint density at radius 3 is 2.87 bits per heavy atom. The summed E-state index contributed by atoms with van der Waals surface area (Å²) < 4.78 is 6.39. The lowest BCUT2D eigenvalue weighted by Crippen LogP contribution is -2.25. The van der Waals surface area contributed by atoms with Gasteiger partial charge in [-0.1, -0.05) is 12.1 Å². The maximum absolute atomic E-state index is 11.9. The fraction of sp³-hybridized carbons (Fsp3) is 0.0769. The van der Waals surface area contributed by atoms with Crippen LogP contribution in [0.15, 0.2) is 34.2 Å². The molecule has 1 heterocycles. The van der Waals surface area contributed by atoms with Gasteiger partial charge in [0, 0.05) is 0 Å². The molecule has 9 nitrogen and oxygen atoms in total. The number of primary amides is 1. The molecule has 5 N–H and O–H groups in total. The molecular weight excluding hydrogens is 322 g/mol. The Hall–Kier alpha value is -3.14. The van der Waals surface area contributed by atoms with Crippen LogP contribution in [0, 0.1) is 4.77 Å². The van der Waals surface area contributed by atoms with Crippen molar-refractivity contribution in [3.8, 4) is 17.3 Å². The van der Waals surface area contributed by atoms with E-state index in [2.05, 4.69) is 10.1 Å². The molecule has 0 aliphatic heterocycles. The number of methoxy groups -OCH3 is 1. The normalized spacial score (nSPS) is 10.7. The van der Waals surface area contributed by atoms with E-state index in [1.54, 1.807) is 24.3 Å². The molecule has 0 atom stereocenters. The van der Waals surface area contributed by atoms with Crippen molar-refractivity contribution in [1.29, 1.82) is 0 Å². The standard InChI is InChI=1S/C13H13N5O4S/c1-22-9-5-3-2-4-8(9)18-11(20)7(6-15-17-12(14)21)10(19)16-13(18)23/h2-6,20H,1H3,(H3,14,17,21)(H,16,19,23)/b15-6+. The smallest absolute Gasteiger partial charge is 0.332 e. The molecule has 1 aromatic heterocycles. The second kappa shape index (κ2) is 6.75. The first-order chi connectivity index (χ1) is 11.0. The molecule has 0 bridgehead atoms. The zero-order valence-corrected chi connectivity index (χ0v) is 12.8. The number of carbonyl (C=O) groups excluding carboxylic acids is 1. The summed E-state index contributed by atoms with van der Waals surface area (Å²) in [5, 5.41) is 13.8. The van der Waals surface area contributed by atoms with Crippen molar-refractivity contribution in [3.05, 3.63) is 45.0 Å². The number of hydrazone groups is 1. The lowest BCUT2D eigenvalue weighted by Gasteiger charge is -2.14. The number of aromatic nitrogens is 2. The number of aromatic hydroxyl groups is 1. The average molecular weight is 335 g/mol. The molecule has 0 aliphatic rings. The van der Waals surface area contributed by atoms with Gasteiger partial charge in [0.2, 0.25) is 5.88 Å². The minimum Gasteiger partial charge on any atom is -0.495 e. The summed E-state index contributed by atoms with van der Waals surface area (Å²) in [5.74, 6) is -0.0256. The number of amides is 2. The second-order valence-corrected chi connectivity index (χ2v) is 4.62. The Kier molecular flexibility index (Phi) is 4.76. The van der Waals surface area contributed by atoms with Gasteiger partial charge in [0.05, 0.1) is 19.0 Å². The molecule has 0 radical (unpaired) electrons. The summed E-state index contributed by atoms with van der Waals surface area (Å²) in [6, 6.07) is 5.87. The number of carbonyl (C=O) groups is 1. The molecule has 2 rings (SSSR count). The van der Waals surface area contributed by atoms with E-state index in [0.717, 1.165) is 6.21 Å². The van der Waals surface area contributed by atoms with Crippen molar-refractivity contribution < 1.29 is 14.6 Å². The van der Waals surface area contributed by atoms with E-state index in [0.29, 0.717) is 11.4 Å². The van der Waals surface area contributed by atoms with Crippen LogP contribution in [-0.2, 0) is 0 Å². The Morgan fingerprint density at radius 1 is 1.52 bits per heavy atom. The predicted molar refractivity (Wildman–Crippen MR) is 85.8 cm³/mol. The summed E-state index contributed by atoms with van der Waals surface area (Å²) >= 11 is 5.09. The topological polar surface area (TPSA) is 135 Å². The number of rotatable bonds is 4. The van der Waals surface area contributed by atoms with E-state index in [1.165, 1.54) is 11.7 Å². The molecule has 10 heteroatoms. The Bertz CT molecular complexity index is 887. The number of H-pyrrole nitrogens is 1. The molecule has 120 valence electrons. The highest BCUT2D eigenvalue weighted by Gasteiger charge is 2.15. The van der Waals surface area contributed by atoms with E-state index < -0.39 is 17.5 Å². The van der Waals surface area contributed by atoms with Crippen molar-refractivity contribution in [3.63, 3.8) is 0 Å². The van der Waals surface area contributed by atoms with E-state index in [4.69, 9.17) is 22.7 Å². The number of para-hydroxylation sites is 2. The van der Waals surface area contributed by atoms with Gasteiger partial charge in [0.25, 0.3) is 5.56 Å². The van der Waals surface area contributed by atoms with E-state index >= 15 is 0 Å². The first-order valence-corrected chi connectivity index (χ1v) is 6.66. The molecule has 0 aliphatic carbocycles. The van der Waals surface area contributed by atoms with Crippen LogP contribution in [0.3, 0.4) is 0 Å². The summed E-state index contributed by atoms with van der Waals surface area (Å²) in [4.78, 5) is 24.9.